The smallest absolute Gasteiger partial charge is 0.300 e. The van der Waals surface area contributed by atoms with Gasteiger partial charge >= 0.3 is 0 Å². The van der Waals surface area contributed by atoms with E-state index in [1.807, 2.05) is 0 Å². The molecular formula is C10H26N4O4. The van der Waals surface area contributed by atoms with Crippen molar-refractivity contribution in [3.8, 4) is 0 Å². The molecule has 0 saturated carbocycles. The van der Waals surface area contributed by atoms with Gasteiger partial charge in [0.25, 0.3) is 11.9 Å². The molecule has 18 heavy (non-hydrogen) atoms. The predicted octanol–water partition coefficient (Wildman–Crippen LogP) is -1.74. The molecule has 0 heterocycles. The summed E-state index contributed by atoms with van der Waals surface area (Å²) in [5.41, 5.74) is 10.5. The van der Waals surface area contributed by atoms with E-state index in [1.165, 1.54) is 0 Å². The second kappa shape index (κ2) is 21.1. The monoisotopic (exact) mass is 266 g/mol. The van der Waals surface area contributed by atoms with Gasteiger partial charge in [0.2, 0.25) is 0 Å². The van der Waals surface area contributed by atoms with E-state index in [0.29, 0.717) is 13.1 Å². The van der Waals surface area contributed by atoms with Crippen molar-refractivity contribution >= 4 is 11.9 Å². The molecule has 0 amide bonds. The van der Waals surface area contributed by atoms with Gasteiger partial charge < -0.3 is 32.3 Å². The van der Waals surface area contributed by atoms with Crippen molar-refractivity contribution in [2.45, 2.75) is 13.8 Å². The van der Waals surface area contributed by atoms with Crippen molar-refractivity contribution in [1.29, 1.82) is 0 Å². The van der Waals surface area contributed by atoms with E-state index in [4.69, 9.17) is 31.3 Å². The lowest BCUT2D eigenvalue weighted by Gasteiger charge is -2.03. The molecule has 0 aromatic carbocycles. The minimum atomic E-state index is -0.833. The summed E-state index contributed by atoms with van der Waals surface area (Å²) in [5.74, 6) is -1.67. The highest BCUT2D eigenvalue weighted by atomic mass is 16.4. The number of hydrogen-bond donors (Lipinski definition) is 6. The number of rotatable bonds is 7. The summed E-state index contributed by atoms with van der Waals surface area (Å²) in [6, 6.07) is 0. The molecule has 0 bridgehead atoms. The fraction of sp³-hybridized carbons (Fsp3) is 0.800. The Morgan fingerprint density at radius 3 is 1.22 bits per heavy atom. The largest absolute Gasteiger partial charge is 0.481 e. The summed E-state index contributed by atoms with van der Waals surface area (Å²) >= 11 is 0. The van der Waals surface area contributed by atoms with Gasteiger partial charge in [-0.15, -0.1) is 0 Å². The Balaban J connectivity index is -0.000000233. The van der Waals surface area contributed by atoms with E-state index in [0.717, 1.165) is 40.0 Å². The third-order valence-electron chi connectivity index (χ3n) is 1.12. The van der Waals surface area contributed by atoms with Gasteiger partial charge in [0.15, 0.2) is 0 Å². The summed E-state index contributed by atoms with van der Waals surface area (Å²) in [5, 5.41) is 21.2. The molecule has 0 aromatic rings. The van der Waals surface area contributed by atoms with Crippen LogP contribution in [0.1, 0.15) is 13.8 Å². The lowest BCUT2D eigenvalue weighted by Crippen LogP contribution is -2.32. The summed E-state index contributed by atoms with van der Waals surface area (Å²) in [7, 11) is 0. The van der Waals surface area contributed by atoms with E-state index in [-0.39, 0.29) is 0 Å². The minimum absolute atomic E-state index is 0.705. The zero-order chi connectivity index (χ0) is 14.8. The number of hydrogen-bond acceptors (Lipinski definition) is 6. The molecule has 0 rings (SSSR count). The van der Waals surface area contributed by atoms with Gasteiger partial charge in [-0.25, -0.2) is 0 Å². The van der Waals surface area contributed by atoms with Crippen LogP contribution in [0.25, 0.3) is 0 Å². The first-order valence-corrected chi connectivity index (χ1v) is 5.59. The maximum absolute atomic E-state index is 9.00. The van der Waals surface area contributed by atoms with Crippen molar-refractivity contribution in [3.63, 3.8) is 0 Å². The Labute approximate surface area is 108 Å². The Bertz CT molecular complexity index is 163. The van der Waals surface area contributed by atoms with Gasteiger partial charge in [-0.1, -0.05) is 0 Å². The van der Waals surface area contributed by atoms with Crippen LogP contribution >= 0.6 is 0 Å². The normalized spacial score (nSPS) is 8.44. The van der Waals surface area contributed by atoms with Crippen molar-refractivity contribution in [1.82, 2.24) is 10.6 Å². The van der Waals surface area contributed by atoms with Crippen molar-refractivity contribution < 1.29 is 19.8 Å². The van der Waals surface area contributed by atoms with E-state index >= 15 is 0 Å². The molecule has 0 unspecified atom stereocenters. The van der Waals surface area contributed by atoms with Crippen LogP contribution in [0.15, 0.2) is 0 Å². The van der Waals surface area contributed by atoms with Crippen LogP contribution in [-0.4, -0.2) is 61.4 Å². The van der Waals surface area contributed by atoms with Crippen LogP contribution < -0.4 is 22.1 Å². The number of nitrogens with one attached hydrogen (secondary N) is 2. The van der Waals surface area contributed by atoms with Crippen LogP contribution in [0, 0.1) is 0 Å². The molecule has 8 N–H and O–H groups in total. The first-order valence-electron chi connectivity index (χ1n) is 5.59. The molecule has 0 spiro atoms. The van der Waals surface area contributed by atoms with Gasteiger partial charge in [0, 0.05) is 53.1 Å². The molecule has 0 aromatic heterocycles. The number of carbonyl (C=O) groups is 2. The Kier molecular flexibility index (Phi) is 25.8. The lowest BCUT2D eigenvalue weighted by atomic mass is 10.5. The van der Waals surface area contributed by atoms with Crippen LogP contribution in [0.3, 0.4) is 0 Å². The van der Waals surface area contributed by atoms with Gasteiger partial charge in [0.1, 0.15) is 0 Å². The number of nitrogens with two attached hydrogens (primary N) is 2. The third kappa shape index (κ3) is 84.0. The lowest BCUT2D eigenvalue weighted by molar-refractivity contribution is -0.135. The highest BCUT2D eigenvalue weighted by Crippen LogP contribution is 1.57. The maximum Gasteiger partial charge on any atom is 0.300 e. The summed E-state index contributed by atoms with van der Waals surface area (Å²) in [4.78, 5) is 18.0. The molecular weight excluding hydrogens is 240 g/mol. The summed E-state index contributed by atoms with van der Waals surface area (Å²) in [6.07, 6.45) is 0. The first kappa shape index (κ1) is 22.0. The Morgan fingerprint density at radius 1 is 0.833 bits per heavy atom. The first-order chi connectivity index (χ1) is 8.38. The second-order valence-electron chi connectivity index (χ2n) is 3.12. The van der Waals surface area contributed by atoms with Crippen molar-refractivity contribution in [2.24, 2.45) is 11.5 Å². The average molecular weight is 266 g/mol. The molecule has 0 aliphatic rings. The standard InChI is InChI=1S/C6H18N4.2C2H4O2/c7-1-3-9-5-6-10-4-2-8;2*1-2(3)4/h9-10H,1-8H2;2*1H3,(H,3,4). The SMILES string of the molecule is CC(=O)O.CC(=O)O.NCCNCCNCCN. The van der Waals surface area contributed by atoms with Gasteiger partial charge in [-0.3, -0.25) is 9.59 Å². The molecule has 8 heteroatoms. The average Bonchev–Trinajstić information content (AvgIpc) is 2.22. The third-order valence-corrected chi connectivity index (χ3v) is 1.12. The molecule has 0 radical (unpaired) electrons. The molecule has 0 aliphatic carbocycles. The number of carboxylic acids is 2. The zero-order valence-corrected chi connectivity index (χ0v) is 11.1. The highest BCUT2D eigenvalue weighted by Gasteiger charge is 1.83. The van der Waals surface area contributed by atoms with Crippen LogP contribution in [0.5, 0.6) is 0 Å². The quantitative estimate of drug-likeness (QED) is 0.297. The minimum Gasteiger partial charge on any atom is -0.481 e. The molecule has 0 saturated heterocycles. The topological polar surface area (TPSA) is 151 Å². The Morgan fingerprint density at radius 2 is 1.06 bits per heavy atom. The maximum atomic E-state index is 9.00. The van der Waals surface area contributed by atoms with Crippen LogP contribution in [-0.2, 0) is 9.59 Å². The number of carboxylic acid groups (broad SMARTS) is 2. The fourth-order valence-corrected chi connectivity index (χ4v) is 0.631. The van der Waals surface area contributed by atoms with Gasteiger partial charge in [-0.05, 0) is 0 Å². The van der Waals surface area contributed by atoms with Gasteiger partial charge in [-0.2, -0.15) is 0 Å². The summed E-state index contributed by atoms with van der Waals surface area (Å²) in [6.45, 7) is 7.30. The Hall–Kier alpha value is -1.22. The second-order valence-corrected chi connectivity index (χ2v) is 3.12. The summed E-state index contributed by atoms with van der Waals surface area (Å²) < 4.78 is 0. The van der Waals surface area contributed by atoms with Crippen LogP contribution in [0.2, 0.25) is 0 Å². The molecule has 0 aliphatic heterocycles. The zero-order valence-electron chi connectivity index (χ0n) is 11.1. The molecule has 110 valence electrons. The van der Waals surface area contributed by atoms with Crippen molar-refractivity contribution in [2.75, 3.05) is 39.3 Å². The number of aliphatic carboxylic acids is 2. The molecule has 0 fully saturated rings. The van der Waals surface area contributed by atoms with E-state index in [1.54, 1.807) is 0 Å². The van der Waals surface area contributed by atoms with E-state index in [2.05, 4.69) is 10.6 Å². The van der Waals surface area contributed by atoms with Crippen molar-refractivity contribution in [3.05, 3.63) is 0 Å². The predicted molar refractivity (Wildman–Crippen MR) is 70.5 cm³/mol. The van der Waals surface area contributed by atoms with E-state index < -0.39 is 11.9 Å². The molecule has 0 atom stereocenters. The van der Waals surface area contributed by atoms with Gasteiger partial charge in [0.05, 0.1) is 0 Å². The highest BCUT2D eigenvalue weighted by molar-refractivity contribution is 5.63. The molecule has 8 nitrogen and oxygen atoms in total. The fourth-order valence-electron chi connectivity index (χ4n) is 0.631. The van der Waals surface area contributed by atoms with Crippen LogP contribution in [0.4, 0.5) is 0 Å². The van der Waals surface area contributed by atoms with E-state index in [9.17, 15) is 0 Å².